The minimum atomic E-state index is -0.863. The van der Waals surface area contributed by atoms with Crippen molar-refractivity contribution in [1.29, 1.82) is 0 Å². The molecule has 1 heterocycles. The summed E-state index contributed by atoms with van der Waals surface area (Å²) in [4.78, 5) is 12.8. The van der Waals surface area contributed by atoms with Crippen molar-refractivity contribution in [2.45, 2.75) is 123 Å². The fraction of sp³-hybridized carbons (Fsp3) is 0.900. The molecule has 0 amide bonds. The van der Waals surface area contributed by atoms with E-state index in [1.807, 2.05) is 19.9 Å². The van der Waals surface area contributed by atoms with Crippen LogP contribution in [0.4, 0.5) is 0 Å². The quantitative estimate of drug-likeness (QED) is 0.563. The third kappa shape index (κ3) is 2.49. The number of fused-ring (bicyclic) bond motifs is 2. The van der Waals surface area contributed by atoms with Crippen LogP contribution >= 0.6 is 0 Å². The number of ketones is 1. The Morgan fingerprint density at radius 3 is 2.29 bits per heavy atom. The molecule has 1 aliphatic heterocycles. The first-order valence-corrected chi connectivity index (χ1v) is 13.9. The molecular weight excluding hydrogens is 424 g/mol. The highest BCUT2D eigenvalue weighted by Crippen LogP contribution is 2.88. The zero-order chi connectivity index (χ0) is 24.7. The second kappa shape index (κ2) is 6.40. The lowest BCUT2D eigenvalue weighted by Crippen LogP contribution is -2.58. The van der Waals surface area contributed by atoms with E-state index in [0.29, 0.717) is 23.0 Å². The van der Waals surface area contributed by atoms with Crippen LogP contribution in [0.25, 0.3) is 0 Å². The van der Waals surface area contributed by atoms with Gasteiger partial charge in [-0.25, -0.2) is 0 Å². The van der Waals surface area contributed by atoms with E-state index in [1.54, 1.807) is 0 Å². The topological polar surface area (TPSA) is 66.8 Å². The molecule has 0 radical (unpaired) electrons. The van der Waals surface area contributed by atoms with Gasteiger partial charge in [-0.15, -0.1) is 0 Å². The lowest BCUT2D eigenvalue weighted by atomic mass is 9.42. The molecule has 2 spiro atoms. The molecule has 4 heteroatoms. The van der Waals surface area contributed by atoms with Crippen molar-refractivity contribution in [3.63, 3.8) is 0 Å². The Labute approximate surface area is 205 Å². The average molecular weight is 471 g/mol. The first kappa shape index (κ1) is 23.7. The standard InChI is InChI=1S/C30H46O4/c1-24(2)19-8-9-20-27(6)16-18(31)23(28(7)12-11-22(34-28)25(3,4)33)26(27,5)14-15-30(20)17-29(19,30)13-10-21(24)32/h10,13,18-20,22-23,31,33H,8-9,11-12,14-17H2,1-7H3/t18-,19?,20?,22+,23?,26+,27-,28-,29+,30-/m0/s1. The van der Waals surface area contributed by atoms with Gasteiger partial charge in [-0.3, -0.25) is 4.79 Å². The largest absolute Gasteiger partial charge is 0.393 e. The van der Waals surface area contributed by atoms with Crippen LogP contribution in [0.1, 0.15) is 99.8 Å². The Balaban J connectivity index is 1.36. The Morgan fingerprint density at radius 2 is 1.65 bits per heavy atom. The van der Waals surface area contributed by atoms with Crippen molar-refractivity contribution in [2.75, 3.05) is 0 Å². The van der Waals surface area contributed by atoms with E-state index in [9.17, 15) is 15.0 Å². The van der Waals surface area contributed by atoms with Crippen LogP contribution in [0.5, 0.6) is 0 Å². The van der Waals surface area contributed by atoms with Gasteiger partial charge in [0.25, 0.3) is 0 Å². The Bertz CT molecular complexity index is 961. The highest BCUT2D eigenvalue weighted by molar-refractivity contribution is 5.96. The van der Waals surface area contributed by atoms with E-state index in [0.717, 1.165) is 32.1 Å². The van der Waals surface area contributed by atoms with Gasteiger partial charge in [0.15, 0.2) is 5.78 Å². The van der Waals surface area contributed by atoms with E-state index < -0.39 is 11.2 Å². The highest BCUT2D eigenvalue weighted by Gasteiger charge is 2.83. The monoisotopic (exact) mass is 470 g/mol. The van der Waals surface area contributed by atoms with Gasteiger partial charge in [-0.2, -0.15) is 0 Å². The summed E-state index contributed by atoms with van der Waals surface area (Å²) < 4.78 is 6.66. The summed E-state index contributed by atoms with van der Waals surface area (Å²) in [5, 5.41) is 22.4. The number of aliphatic hydroxyl groups excluding tert-OH is 1. The van der Waals surface area contributed by atoms with Gasteiger partial charge in [0.2, 0.25) is 0 Å². The van der Waals surface area contributed by atoms with Gasteiger partial charge in [0, 0.05) is 11.3 Å². The summed E-state index contributed by atoms with van der Waals surface area (Å²) in [6.07, 6.45) is 12.1. The third-order valence-corrected chi connectivity index (χ3v) is 13.1. The lowest BCUT2D eigenvalue weighted by Gasteiger charge is -2.62. The number of rotatable bonds is 2. The molecule has 0 aromatic heterocycles. The van der Waals surface area contributed by atoms with Gasteiger partial charge in [0.1, 0.15) is 0 Å². The number of hydrogen-bond donors (Lipinski definition) is 2. The van der Waals surface area contributed by atoms with Crippen molar-refractivity contribution in [1.82, 2.24) is 0 Å². The number of allylic oxidation sites excluding steroid dienone is 2. The van der Waals surface area contributed by atoms with E-state index in [2.05, 4.69) is 40.7 Å². The molecular formula is C30H46O4. The number of ether oxygens (including phenoxy) is 1. The molecule has 0 aromatic carbocycles. The molecule has 5 fully saturated rings. The van der Waals surface area contributed by atoms with Crippen LogP contribution in [0, 0.1) is 44.8 Å². The summed E-state index contributed by atoms with van der Waals surface area (Å²) in [5.74, 6) is 1.42. The normalized spacial score (nSPS) is 57.6. The molecule has 6 rings (SSSR count). The highest BCUT2D eigenvalue weighted by atomic mass is 16.5. The summed E-state index contributed by atoms with van der Waals surface area (Å²) in [6.45, 7) is 15.2. The predicted octanol–water partition coefficient (Wildman–Crippen LogP) is 5.45. The number of hydrogen-bond acceptors (Lipinski definition) is 4. The van der Waals surface area contributed by atoms with Crippen LogP contribution in [0.2, 0.25) is 0 Å². The molecule has 34 heavy (non-hydrogen) atoms. The number of carbonyl (C=O) groups is 1. The van der Waals surface area contributed by atoms with Crippen molar-refractivity contribution in [2.24, 2.45) is 44.8 Å². The zero-order valence-corrected chi connectivity index (χ0v) is 22.4. The maximum absolute atomic E-state index is 12.8. The van der Waals surface area contributed by atoms with E-state index in [-0.39, 0.29) is 39.8 Å². The van der Waals surface area contributed by atoms with E-state index in [4.69, 9.17) is 4.74 Å². The molecule has 0 bridgehead atoms. The number of carbonyl (C=O) groups excluding carboxylic acids is 1. The molecule has 190 valence electrons. The zero-order valence-electron chi connectivity index (χ0n) is 22.4. The van der Waals surface area contributed by atoms with Crippen molar-refractivity contribution < 1.29 is 19.7 Å². The molecule has 6 aliphatic rings. The first-order valence-electron chi connectivity index (χ1n) is 13.9. The molecule has 4 nitrogen and oxygen atoms in total. The minimum absolute atomic E-state index is 0.00586. The summed E-state index contributed by atoms with van der Waals surface area (Å²) in [6, 6.07) is 0. The van der Waals surface area contributed by atoms with Crippen molar-refractivity contribution >= 4 is 5.78 Å². The fourth-order valence-corrected chi connectivity index (χ4v) is 11.3. The second-order valence-corrected chi connectivity index (χ2v) is 15.2. The average Bonchev–Trinajstić information content (AvgIpc) is 3.11. The van der Waals surface area contributed by atoms with Crippen LogP contribution in [0.3, 0.4) is 0 Å². The van der Waals surface area contributed by atoms with Crippen LogP contribution in [-0.2, 0) is 9.53 Å². The molecule has 3 unspecified atom stereocenters. The second-order valence-electron chi connectivity index (χ2n) is 15.2. The molecule has 1 saturated heterocycles. The maximum atomic E-state index is 12.8. The Hall–Kier alpha value is -0.710. The number of aliphatic hydroxyl groups is 2. The predicted molar refractivity (Wildman–Crippen MR) is 132 cm³/mol. The third-order valence-electron chi connectivity index (χ3n) is 13.1. The van der Waals surface area contributed by atoms with Crippen molar-refractivity contribution in [3.05, 3.63) is 12.2 Å². The smallest absolute Gasteiger partial charge is 0.161 e. The Kier molecular flexibility index (Phi) is 4.46. The van der Waals surface area contributed by atoms with Crippen LogP contribution in [-0.4, -0.2) is 39.4 Å². The summed E-state index contributed by atoms with van der Waals surface area (Å²) >= 11 is 0. The van der Waals surface area contributed by atoms with E-state index >= 15 is 0 Å². The van der Waals surface area contributed by atoms with Gasteiger partial charge in [-0.1, -0.05) is 33.8 Å². The fourth-order valence-electron chi connectivity index (χ4n) is 11.3. The van der Waals surface area contributed by atoms with E-state index in [1.165, 1.54) is 19.3 Å². The van der Waals surface area contributed by atoms with Gasteiger partial charge in [0.05, 0.1) is 23.4 Å². The SMILES string of the molecule is CC1(C)C(=O)C=C[C@]23C[C@]24CC[C@]2(C)C([C@]5(C)CC[C@H](C(C)(C)O)O5)[C@@H](O)C[C@@]2(C)C4CCC13. The van der Waals surface area contributed by atoms with Gasteiger partial charge >= 0.3 is 0 Å². The molecule has 2 N–H and O–H groups in total. The molecule has 0 aromatic rings. The minimum Gasteiger partial charge on any atom is -0.393 e. The summed E-state index contributed by atoms with van der Waals surface area (Å²) in [5.41, 5.74) is -0.994. The molecule has 5 aliphatic carbocycles. The Morgan fingerprint density at radius 1 is 0.971 bits per heavy atom. The first-order chi connectivity index (χ1) is 15.6. The van der Waals surface area contributed by atoms with Gasteiger partial charge < -0.3 is 14.9 Å². The lowest BCUT2D eigenvalue weighted by molar-refractivity contribution is -0.188. The molecule has 4 saturated carbocycles. The van der Waals surface area contributed by atoms with Crippen LogP contribution in [0.15, 0.2) is 12.2 Å². The van der Waals surface area contributed by atoms with Crippen LogP contribution < -0.4 is 0 Å². The van der Waals surface area contributed by atoms with Crippen molar-refractivity contribution in [3.8, 4) is 0 Å². The maximum Gasteiger partial charge on any atom is 0.161 e. The molecule has 10 atom stereocenters. The summed E-state index contributed by atoms with van der Waals surface area (Å²) in [7, 11) is 0. The van der Waals surface area contributed by atoms with Gasteiger partial charge in [-0.05, 0) is 112 Å².